The molecule has 0 bridgehead atoms. The van der Waals surface area contributed by atoms with E-state index in [1.807, 2.05) is 18.2 Å². The fourth-order valence-corrected chi connectivity index (χ4v) is 5.09. The number of sulfonamides is 1. The van der Waals surface area contributed by atoms with Crippen LogP contribution in [0, 0.1) is 0 Å². The molecule has 12 heteroatoms. The average Bonchev–Trinajstić information content (AvgIpc) is 2.75. The summed E-state index contributed by atoms with van der Waals surface area (Å²) in [5.41, 5.74) is 1.16. The van der Waals surface area contributed by atoms with Gasteiger partial charge in [-0.05, 0) is 57.9 Å². The Labute approximate surface area is 199 Å². The van der Waals surface area contributed by atoms with Crippen LogP contribution in [-0.2, 0) is 26.2 Å². The molecule has 174 valence electrons. The summed E-state index contributed by atoms with van der Waals surface area (Å²) in [6.07, 6.45) is 0. The quantitative estimate of drug-likeness (QED) is 0.546. The molecule has 32 heavy (non-hydrogen) atoms. The van der Waals surface area contributed by atoms with E-state index in [1.54, 1.807) is 31.4 Å². The first-order valence-electron chi connectivity index (χ1n) is 9.31. The van der Waals surface area contributed by atoms with Crippen molar-refractivity contribution in [2.75, 3.05) is 33.3 Å². The monoisotopic (exact) mass is 548 g/mol. The molecule has 0 atom stereocenters. The number of carboxylic acid groups (broad SMARTS) is 2. The zero-order chi connectivity index (χ0) is 23.9. The molecule has 2 aromatic carbocycles. The Kier molecular flexibility index (Phi) is 9.47. The van der Waals surface area contributed by atoms with Crippen LogP contribution in [0.1, 0.15) is 5.56 Å². The van der Waals surface area contributed by atoms with E-state index in [-0.39, 0.29) is 4.90 Å². The topological polar surface area (TPSA) is 124 Å². The van der Waals surface area contributed by atoms with Gasteiger partial charge in [-0.3, -0.25) is 4.90 Å². The molecule has 0 aromatic heterocycles. The van der Waals surface area contributed by atoms with Gasteiger partial charge in [0.1, 0.15) is 5.75 Å². The number of hydrogen-bond donors (Lipinski definition) is 2. The lowest BCUT2D eigenvalue weighted by Gasteiger charge is -2.34. The second-order valence-corrected chi connectivity index (χ2v) is 9.94. The molecular formula is C20H22BrClN2O7S. The smallest absolute Gasteiger partial charge is 0.414 e. The molecule has 0 saturated carbocycles. The number of carboxylic acids is 2. The van der Waals surface area contributed by atoms with Crippen molar-refractivity contribution < 1.29 is 33.0 Å². The standard InChI is InChI=1S/C18H20BrClN2O3S.C2H2O4/c1-25-18-7-2-14(12-17(18)19)13-21-8-10-22(11-9-21)26(23,24)16-5-3-15(20)4-6-16;3-1(4)2(5)6/h2-7,12H,8-11,13H2,1H3;(H,3,4)(H,5,6). The van der Waals surface area contributed by atoms with Crippen molar-refractivity contribution in [1.29, 1.82) is 0 Å². The van der Waals surface area contributed by atoms with Crippen LogP contribution in [0.3, 0.4) is 0 Å². The maximum Gasteiger partial charge on any atom is 0.414 e. The molecule has 1 heterocycles. The second kappa shape index (κ2) is 11.6. The molecule has 2 N–H and O–H groups in total. The molecule has 9 nitrogen and oxygen atoms in total. The number of rotatable bonds is 5. The number of piperazine rings is 1. The molecule has 2 aromatic rings. The Morgan fingerprint density at radius 1 is 1.03 bits per heavy atom. The number of ether oxygens (including phenoxy) is 1. The molecule has 0 unspecified atom stereocenters. The largest absolute Gasteiger partial charge is 0.496 e. The number of halogens is 2. The first-order valence-corrected chi connectivity index (χ1v) is 11.9. The van der Waals surface area contributed by atoms with Crippen LogP contribution < -0.4 is 4.74 Å². The number of hydrogen-bond acceptors (Lipinski definition) is 6. The second-order valence-electron chi connectivity index (χ2n) is 6.71. The van der Waals surface area contributed by atoms with Gasteiger partial charge in [0.2, 0.25) is 10.0 Å². The molecule has 0 radical (unpaired) electrons. The van der Waals surface area contributed by atoms with Crippen LogP contribution in [-0.4, -0.2) is 73.1 Å². The molecule has 1 saturated heterocycles. The summed E-state index contributed by atoms with van der Waals surface area (Å²) in [5, 5.41) is 15.3. The molecule has 0 spiro atoms. The maximum absolute atomic E-state index is 12.7. The van der Waals surface area contributed by atoms with Gasteiger partial charge in [-0.15, -0.1) is 0 Å². The predicted molar refractivity (Wildman–Crippen MR) is 121 cm³/mol. The Hall–Kier alpha value is -2.18. The van der Waals surface area contributed by atoms with Crippen molar-refractivity contribution in [3.63, 3.8) is 0 Å². The zero-order valence-electron chi connectivity index (χ0n) is 17.1. The molecule has 0 aliphatic carbocycles. The fourth-order valence-electron chi connectivity index (χ4n) is 2.95. The minimum absolute atomic E-state index is 0.287. The average molecular weight is 550 g/mol. The molecular weight excluding hydrogens is 528 g/mol. The van der Waals surface area contributed by atoms with Gasteiger partial charge in [0.15, 0.2) is 0 Å². The predicted octanol–water partition coefficient (Wildman–Crippen LogP) is 2.77. The van der Waals surface area contributed by atoms with Crippen molar-refractivity contribution in [2.45, 2.75) is 11.4 Å². The number of methoxy groups -OCH3 is 1. The van der Waals surface area contributed by atoms with Gasteiger partial charge in [-0.2, -0.15) is 4.31 Å². The van der Waals surface area contributed by atoms with Crippen molar-refractivity contribution in [1.82, 2.24) is 9.21 Å². The summed E-state index contributed by atoms with van der Waals surface area (Å²) in [6, 6.07) is 12.3. The minimum atomic E-state index is -3.47. The van der Waals surface area contributed by atoms with Gasteiger partial charge in [0.05, 0.1) is 16.5 Å². The van der Waals surface area contributed by atoms with E-state index in [9.17, 15) is 8.42 Å². The van der Waals surface area contributed by atoms with E-state index in [1.165, 1.54) is 4.31 Å². The normalized spacial score (nSPS) is 14.8. The molecule has 1 aliphatic rings. The van der Waals surface area contributed by atoms with E-state index in [4.69, 9.17) is 36.1 Å². The van der Waals surface area contributed by atoms with E-state index in [2.05, 4.69) is 20.8 Å². The van der Waals surface area contributed by atoms with Gasteiger partial charge in [0.25, 0.3) is 0 Å². The highest BCUT2D eigenvalue weighted by molar-refractivity contribution is 9.10. The fraction of sp³-hybridized carbons (Fsp3) is 0.300. The van der Waals surface area contributed by atoms with Crippen molar-refractivity contribution in [3.8, 4) is 5.75 Å². The Balaban J connectivity index is 0.000000534. The Morgan fingerprint density at radius 3 is 2.06 bits per heavy atom. The van der Waals surface area contributed by atoms with Crippen molar-refractivity contribution >= 4 is 49.5 Å². The molecule has 3 rings (SSSR count). The molecule has 1 aliphatic heterocycles. The van der Waals surface area contributed by atoms with Crippen LogP contribution in [0.15, 0.2) is 51.8 Å². The number of carbonyl (C=O) groups is 2. The third-order valence-corrected chi connectivity index (χ3v) is 7.37. The number of benzene rings is 2. The van der Waals surface area contributed by atoms with E-state index in [0.717, 1.165) is 22.3 Å². The van der Waals surface area contributed by atoms with Crippen LogP contribution in [0.2, 0.25) is 5.02 Å². The number of nitrogens with zero attached hydrogens (tertiary/aromatic N) is 2. The summed E-state index contributed by atoms with van der Waals surface area (Å²) in [4.78, 5) is 20.7. The lowest BCUT2D eigenvalue weighted by Crippen LogP contribution is -2.48. The van der Waals surface area contributed by atoms with Gasteiger partial charge in [-0.1, -0.05) is 17.7 Å². The third-order valence-electron chi connectivity index (χ3n) is 4.59. The third kappa shape index (κ3) is 7.17. The van der Waals surface area contributed by atoms with Crippen LogP contribution in [0.5, 0.6) is 5.75 Å². The highest BCUT2D eigenvalue weighted by Crippen LogP contribution is 2.26. The van der Waals surface area contributed by atoms with Gasteiger partial charge in [0, 0.05) is 37.7 Å². The van der Waals surface area contributed by atoms with Crippen LogP contribution >= 0.6 is 27.5 Å². The molecule has 1 fully saturated rings. The summed E-state index contributed by atoms with van der Waals surface area (Å²) in [6.45, 7) is 3.11. The first kappa shape index (κ1) is 26.1. The highest BCUT2D eigenvalue weighted by Gasteiger charge is 2.28. The lowest BCUT2D eigenvalue weighted by molar-refractivity contribution is -0.159. The number of aliphatic carboxylic acids is 2. The Morgan fingerprint density at radius 2 is 1.59 bits per heavy atom. The summed E-state index contributed by atoms with van der Waals surface area (Å²) in [7, 11) is -1.83. The summed E-state index contributed by atoms with van der Waals surface area (Å²) < 4.78 is 33.2. The van der Waals surface area contributed by atoms with Gasteiger partial charge >= 0.3 is 11.9 Å². The van der Waals surface area contributed by atoms with Crippen LogP contribution in [0.25, 0.3) is 0 Å². The van der Waals surface area contributed by atoms with Gasteiger partial charge < -0.3 is 14.9 Å². The Bertz CT molecular complexity index is 1040. The van der Waals surface area contributed by atoms with E-state index in [0.29, 0.717) is 31.2 Å². The summed E-state index contributed by atoms with van der Waals surface area (Å²) in [5.74, 6) is -2.85. The zero-order valence-corrected chi connectivity index (χ0v) is 20.2. The van der Waals surface area contributed by atoms with E-state index < -0.39 is 22.0 Å². The lowest BCUT2D eigenvalue weighted by atomic mass is 10.2. The van der Waals surface area contributed by atoms with Crippen molar-refractivity contribution in [3.05, 3.63) is 57.5 Å². The summed E-state index contributed by atoms with van der Waals surface area (Å²) >= 11 is 9.35. The molecule has 0 amide bonds. The van der Waals surface area contributed by atoms with Crippen molar-refractivity contribution in [2.24, 2.45) is 0 Å². The SMILES string of the molecule is COc1ccc(CN2CCN(S(=O)(=O)c3ccc(Cl)cc3)CC2)cc1Br.O=C(O)C(=O)O. The minimum Gasteiger partial charge on any atom is -0.496 e. The first-order chi connectivity index (χ1) is 15.0. The maximum atomic E-state index is 12.7. The van der Waals surface area contributed by atoms with Gasteiger partial charge in [-0.25, -0.2) is 18.0 Å². The van der Waals surface area contributed by atoms with E-state index >= 15 is 0 Å². The highest BCUT2D eigenvalue weighted by atomic mass is 79.9. The van der Waals surface area contributed by atoms with Crippen LogP contribution in [0.4, 0.5) is 0 Å².